The number of hydrogen-bond acceptors (Lipinski definition) is 5. The quantitative estimate of drug-likeness (QED) is 0.749. The van der Waals surface area contributed by atoms with Gasteiger partial charge in [-0.25, -0.2) is 4.39 Å². The van der Waals surface area contributed by atoms with Crippen LogP contribution in [0.2, 0.25) is 0 Å². The van der Waals surface area contributed by atoms with E-state index in [1.54, 1.807) is 16.9 Å². The summed E-state index contributed by atoms with van der Waals surface area (Å²) in [6.07, 6.45) is 5.03. The number of hydrogen-bond donors (Lipinski definition) is 1. The van der Waals surface area contributed by atoms with Crippen LogP contribution in [0.5, 0.6) is 5.75 Å². The van der Waals surface area contributed by atoms with Crippen molar-refractivity contribution in [2.24, 2.45) is 18.9 Å². The van der Waals surface area contributed by atoms with E-state index in [2.05, 4.69) is 15.3 Å². The molecule has 4 atom stereocenters. The number of anilines is 1. The third-order valence-corrected chi connectivity index (χ3v) is 6.62. The third-order valence-electron chi connectivity index (χ3n) is 6.62. The van der Waals surface area contributed by atoms with Crippen LogP contribution in [0.1, 0.15) is 25.7 Å². The Kier molecular flexibility index (Phi) is 4.00. The molecule has 146 valence electrons. The summed E-state index contributed by atoms with van der Waals surface area (Å²) in [5.74, 6) is 1.64. The Morgan fingerprint density at radius 2 is 2.04 bits per heavy atom. The van der Waals surface area contributed by atoms with E-state index in [0.717, 1.165) is 36.6 Å². The Morgan fingerprint density at radius 1 is 1.18 bits per heavy atom. The third kappa shape index (κ3) is 2.72. The molecule has 0 aliphatic heterocycles. The fourth-order valence-corrected chi connectivity index (χ4v) is 5.00. The fourth-order valence-electron chi connectivity index (χ4n) is 5.00. The van der Waals surface area contributed by atoms with Gasteiger partial charge in [-0.15, -0.1) is 10.2 Å². The number of aromatic hydroxyl groups is 1. The van der Waals surface area contributed by atoms with Gasteiger partial charge in [0.1, 0.15) is 11.9 Å². The molecule has 2 aromatic heterocycles. The SMILES string of the molecule is CN(c1ccc(-c2cc3cnn(C)c3cc2O)nn1)[C@@H]1C[C@H]2CC[C@H](C2)[C@@H]1F. The molecule has 7 heteroatoms. The highest BCUT2D eigenvalue weighted by molar-refractivity contribution is 5.87. The monoisotopic (exact) mass is 381 g/mol. The number of benzene rings is 1. The molecule has 1 aromatic carbocycles. The number of aromatic nitrogens is 4. The molecule has 2 aliphatic rings. The molecule has 5 rings (SSSR count). The standard InChI is InChI=1S/C21H24FN5O/c1-26(18-8-12-3-4-13(7-12)21(18)22)20-6-5-16(24-25-20)15-9-14-11-23-27(2)17(14)10-19(15)28/h5-6,9-13,18,21,28H,3-4,7-8H2,1-2H3/t12-,13+,18+,21-/m0/s1. The van der Waals surface area contributed by atoms with Gasteiger partial charge in [0.25, 0.3) is 0 Å². The lowest BCUT2D eigenvalue weighted by molar-refractivity contribution is 0.144. The van der Waals surface area contributed by atoms with Gasteiger partial charge in [-0.2, -0.15) is 5.10 Å². The molecule has 0 unspecified atom stereocenters. The molecule has 28 heavy (non-hydrogen) atoms. The van der Waals surface area contributed by atoms with Gasteiger partial charge in [-0.1, -0.05) is 0 Å². The minimum atomic E-state index is -0.803. The average molecular weight is 381 g/mol. The number of fused-ring (bicyclic) bond motifs is 3. The largest absolute Gasteiger partial charge is 0.507 e. The number of aryl methyl sites for hydroxylation is 1. The summed E-state index contributed by atoms with van der Waals surface area (Å²) in [6, 6.07) is 7.11. The fraction of sp³-hybridized carbons (Fsp3) is 0.476. The molecule has 2 aliphatic carbocycles. The van der Waals surface area contributed by atoms with Crippen LogP contribution in [0.3, 0.4) is 0 Å². The van der Waals surface area contributed by atoms with Crippen molar-refractivity contribution >= 4 is 16.7 Å². The first kappa shape index (κ1) is 17.4. The first-order chi connectivity index (χ1) is 13.5. The lowest BCUT2D eigenvalue weighted by Gasteiger charge is -2.38. The van der Waals surface area contributed by atoms with Crippen LogP contribution >= 0.6 is 0 Å². The van der Waals surface area contributed by atoms with Crippen molar-refractivity contribution in [2.75, 3.05) is 11.9 Å². The molecule has 2 fully saturated rings. The summed E-state index contributed by atoms with van der Waals surface area (Å²) in [4.78, 5) is 1.94. The molecule has 0 radical (unpaired) electrons. The van der Waals surface area contributed by atoms with Gasteiger partial charge in [0.15, 0.2) is 5.82 Å². The van der Waals surface area contributed by atoms with Crippen LogP contribution in [0.15, 0.2) is 30.5 Å². The van der Waals surface area contributed by atoms with E-state index in [0.29, 0.717) is 23.0 Å². The summed E-state index contributed by atoms with van der Waals surface area (Å²) in [5.41, 5.74) is 2.05. The van der Waals surface area contributed by atoms with Gasteiger partial charge in [0, 0.05) is 31.1 Å². The molecule has 1 N–H and O–H groups in total. The Balaban J connectivity index is 1.42. The number of alkyl halides is 1. The number of rotatable bonds is 3. The van der Waals surface area contributed by atoms with Gasteiger partial charge >= 0.3 is 0 Å². The summed E-state index contributed by atoms with van der Waals surface area (Å²) < 4.78 is 16.6. The Bertz CT molecular complexity index is 1020. The van der Waals surface area contributed by atoms with Crippen LogP contribution in [0, 0.1) is 11.8 Å². The Labute approximate surface area is 163 Å². The van der Waals surface area contributed by atoms with Crippen molar-refractivity contribution in [3.63, 3.8) is 0 Å². The summed E-state index contributed by atoms with van der Waals surface area (Å²) in [7, 11) is 3.74. The minimum Gasteiger partial charge on any atom is -0.507 e. The second-order valence-electron chi connectivity index (χ2n) is 8.27. The molecule has 0 spiro atoms. The van der Waals surface area contributed by atoms with E-state index in [-0.39, 0.29) is 17.7 Å². The van der Waals surface area contributed by atoms with Gasteiger partial charge < -0.3 is 10.0 Å². The van der Waals surface area contributed by atoms with Gasteiger partial charge in [-0.3, -0.25) is 4.68 Å². The van der Waals surface area contributed by atoms with Crippen LogP contribution < -0.4 is 4.90 Å². The molecule has 2 saturated carbocycles. The summed E-state index contributed by atoms with van der Waals surface area (Å²) >= 11 is 0. The predicted octanol–water partition coefficient (Wildman–Crippen LogP) is 3.70. The highest BCUT2D eigenvalue weighted by Gasteiger charge is 2.44. The molecule has 2 heterocycles. The average Bonchev–Trinajstić information content (AvgIpc) is 3.28. The highest BCUT2D eigenvalue weighted by atomic mass is 19.1. The van der Waals surface area contributed by atoms with Crippen LogP contribution in [0.4, 0.5) is 10.2 Å². The maximum atomic E-state index is 14.9. The maximum absolute atomic E-state index is 14.9. The Morgan fingerprint density at radius 3 is 2.82 bits per heavy atom. The molecular formula is C21H24FN5O. The Hall–Kier alpha value is -2.70. The van der Waals surface area contributed by atoms with Crippen LogP contribution in [-0.2, 0) is 7.05 Å². The second kappa shape index (κ2) is 6.43. The van der Waals surface area contributed by atoms with Crippen molar-refractivity contribution in [3.8, 4) is 17.0 Å². The second-order valence-corrected chi connectivity index (χ2v) is 8.27. The van der Waals surface area contributed by atoms with Crippen LogP contribution in [0.25, 0.3) is 22.2 Å². The van der Waals surface area contributed by atoms with E-state index in [9.17, 15) is 9.50 Å². The van der Waals surface area contributed by atoms with Crippen LogP contribution in [-0.4, -0.2) is 44.3 Å². The summed E-state index contributed by atoms with van der Waals surface area (Å²) in [5, 5.41) is 24.2. The lowest BCUT2D eigenvalue weighted by Crippen LogP contribution is -2.46. The van der Waals surface area contributed by atoms with Crippen molar-refractivity contribution in [1.82, 2.24) is 20.0 Å². The van der Waals surface area contributed by atoms with Crippen molar-refractivity contribution in [1.29, 1.82) is 0 Å². The zero-order valence-corrected chi connectivity index (χ0v) is 16.1. The van der Waals surface area contributed by atoms with E-state index >= 15 is 0 Å². The van der Waals surface area contributed by atoms with Gasteiger partial charge in [0.2, 0.25) is 0 Å². The lowest BCUT2D eigenvalue weighted by atomic mass is 9.83. The van der Waals surface area contributed by atoms with Crippen molar-refractivity contribution < 1.29 is 9.50 Å². The van der Waals surface area contributed by atoms with E-state index < -0.39 is 6.17 Å². The maximum Gasteiger partial charge on any atom is 0.151 e. The number of phenols is 1. The van der Waals surface area contributed by atoms with Crippen molar-refractivity contribution in [3.05, 3.63) is 30.5 Å². The number of nitrogens with zero attached hydrogens (tertiary/aromatic N) is 5. The predicted molar refractivity (Wildman–Crippen MR) is 106 cm³/mol. The topological polar surface area (TPSA) is 67.1 Å². The molecule has 0 saturated heterocycles. The van der Waals surface area contributed by atoms with Gasteiger partial charge in [-0.05, 0) is 55.7 Å². The number of halogens is 1. The first-order valence-corrected chi connectivity index (χ1v) is 9.87. The van der Waals surface area contributed by atoms with E-state index in [4.69, 9.17) is 0 Å². The molecule has 2 bridgehead atoms. The number of phenolic OH excluding ortho intramolecular Hbond substituents is 1. The van der Waals surface area contributed by atoms with E-state index in [1.807, 2.05) is 37.2 Å². The zero-order valence-electron chi connectivity index (χ0n) is 16.1. The van der Waals surface area contributed by atoms with Crippen molar-refractivity contribution in [2.45, 2.75) is 37.9 Å². The van der Waals surface area contributed by atoms with E-state index in [1.165, 1.54) is 0 Å². The molecular weight excluding hydrogens is 357 g/mol. The first-order valence-electron chi connectivity index (χ1n) is 9.87. The molecule has 0 amide bonds. The van der Waals surface area contributed by atoms with Gasteiger partial charge in [0.05, 0.1) is 23.4 Å². The minimum absolute atomic E-state index is 0.133. The zero-order chi connectivity index (χ0) is 19.4. The molecule has 6 nitrogen and oxygen atoms in total. The smallest absolute Gasteiger partial charge is 0.151 e. The molecule has 3 aromatic rings. The normalized spacial score (nSPS) is 26.7. The highest BCUT2D eigenvalue weighted by Crippen LogP contribution is 2.45. The summed E-state index contributed by atoms with van der Waals surface area (Å²) in [6.45, 7) is 0.